The molecule has 1 amide bonds. The molecule has 0 aliphatic heterocycles. The minimum atomic E-state index is -0.335. The molecule has 0 aliphatic carbocycles. The van der Waals surface area contributed by atoms with Crippen molar-refractivity contribution in [2.75, 3.05) is 25.8 Å². The van der Waals surface area contributed by atoms with Gasteiger partial charge in [0, 0.05) is 18.3 Å². The number of nitrogens with two attached hydrogens (primary N) is 1. The number of ketones is 1. The largest absolute Gasteiger partial charge is 0.496 e. The Hall–Kier alpha value is -1.75. The molecule has 0 atom stereocenters. The van der Waals surface area contributed by atoms with E-state index >= 15 is 0 Å². The lowest BCUT2D eigenvalue weighted by molar-refractivity contribution is 0.0957. The fourth-order valence-corrected chi connectivity index (χ4v) is 1.53. The SMILES string of the molecule is CNC(=O)c1cc(N)c(C(=O)CCl)cc1OC. The summed E-state index contributed by atoms with van der Waals surface area (Å²) < 4.78 is 5.05. The second kappa shape index (κ2) is 5.54. The van der Waals surface area contributed by atoms with E-state index < -0.39 is 0 Å². The number of hydrogen-bond acceptors (Lipinski definition) is 4. The molecule has 0 unspecified atom stereocenters. The van der Waals surface area contributed by atoms with E-state index in [2.05, 4.69) is 5.32 Å². The Bertz CT molecular complexity index is 460. The van der Waals surface area contributed by atoms with Crippen LogP contribution in [0.3, 0.4) is 0 Å². The maximum absolute atomic E-state index is 11.5. The molecule has 0 spiro atoms. The molecule has 1 aromatic rings. The van der Waals surface area contributed by atoms with Crippen LogP contribution in [0.15, 0.2) is 12.1 Å². The molecule has 6 heteroatoms. The normalized spacial score (nSPS) is 9.82. The highest BCUT2D eigenvalue weighted by atomic mass is 35.5. The van der Waals surface area contributed by atoms with Gasteiger partial charge in [-0.05, 0) is 12.1 Å². The van der Waals surface area contributed by atoms with Gasteiger partial charge in [0.05, 0.1) is 18.6 Å². The van der Waals surface area contributed by atoms with Crippen LogP contribution in [0.4, 0.5) is 5.69 Å². The van der Waals surface area contributed by atoms with Crippen LogP contribution in [0.1, 0.15) is 20.7 Å². The lowest BCUT2D eigenvalue weighted by atomic mass is 10.0. The predicted octanol–water partition coefficient (Wildman–Crippen LogP) is 1.06. The summed E-state index contributed by atoms with van der Waals surface area (Å²) in [7, 11) is 2.91. The molecule has 0 bridgehead atoms. The third-order valence-corrected chi connectivity index (χ3v) is 2.51. The Kier molecular flexibility index (Phi) is 4.34. The standard InChI is InChI=1S/C11H13ClN2O3/c1-14-11(16)7-3-8(13)6(9(15)5-12)4-10(7)17-2/h3-4H,5,13H2,1-2H3,(H,14,16). The Morgan fingerprint density at radius 3 is 2.53 bits per heavy atom. The highest BCUT2D eigenvalue weighted by Crippen LogP contribution is 2.26. The number of methoxy groups -OCH3 is 1. The number of amides is 1. The third-order valence-electron chi connectivity index (χ3n) is 2.27. The minimum absolute atomic E-state index is 0.174. The van der Waals surface area contributed by atoms with Crippen LogP contribution in [0.25, 0.3) is 0 Å². The fraction of sp³-hybridized carbons (Fsp3) is 0.273. The number of benzene rings is 1. The lowest BCUT2D eigenvalue weighted by Crippen LogP contribution is -2.19. The Balaban J connectivity index is 3.34. The topological polar surface area (TPSA) is 81.4 Å². The first-order valence-corrected chi connectivity index (χ1v) is 5.37. The molecule has 0 fully saturated rings. The van der Waals surface area contributed by atoms with Gasteiger partial charge in [-0.2, -0.15) is 0 Å². The number of anilines is 1. The molecule has 5 nitrogen and oxygen atoms in total. The summed E-state index contributed by atoms with van der Waals surface area (Å²) in [6.45, 7) is 0. The number of carbonyl (C=O) groups is 2. The molecule has 0 heterocycles. The zero-order chi connectivity index (χ0) is 13.0. The number of Topliss-reactive ketones (excluding diaryl/α,β-unsaturated/α-hetero) is 1. The zero-order valence-corrected chi connectivity index (χ0v) is 10.3. The molecule has 0 aliphatic rings. The van der Waals surface area contributed by atoms with Crippen LogP contribution < -0.4 is 15.8 Å². The number of rotatable bonds is 4. The smallest absolute Gasteiger partial charge is 0.254 e. The van der Waals surface area contributed by atoms with Crippen molar-refractivity contribution < 1.29 is 14.3 Å². The summed E-state index contributed by atoms with van der Waals surface area (Å²) in [6.07, 6.45) is 0. The Labute approximate surface area is 104 Å². The van der Waals surface area contributed by atoms with Crippen molar-refractivity contribution in [3.8, 4) is 5.75 Å². The summed E-state index contributed by atoms with van der Waals surface area (Å²) in [5, 5.41) is 2.46. The molecule has 0 aromatic heterocycles. The quantitative estimate of drug-likeness (QED) is 0.479. The van der Waals surface area contributed by atoms with E-state index in [0.29, 0.717) is 0 Å². The third kappa shape index (κ3) is 2.68. The molecule has 0 saturated carbocycles. The zero-order valence-electron chi connectivity index (χ0n) is 9.54. The number of hydrogen-bond donors (Lipinski definition) is 2. The fourth-order valence-electron chi connectivity index (χ4n) is 1.39. The number of halogens is 1. The molecular weight excluding hydrogens is 244 g/mol. The van der Waals surface area contributed by atoms with Crippen molar-refractivity contribution in [2.24, 2.45) is 0 Å². The molecule has 1 aromatic carbocycles. The van der Waals surface area contributed by atoms with Crippen molar-refractivity contribution in [2.45, 2.75) is 0 Å². The Morgan fingerprint density at radius 1 is 1.41 bits per heavy atom. The molecule has 3 N–H and O–H groups in total. The molecule has 92 valence electrons. The van der Waals surface area contributed by atoms with E-state index in [1.807, 2.05) is 0 Å². The highest BCUT2D eigenvalue weighted by molar-refractivity contribution is 6.31. The average Bonchev–Trinajstić information content (AvgIpc) is 2.36. The van der Waals surface area contributed by atoms with Gasteiger partial charge >= 0.3 is 0 Å². The van der Waals surface area contributed by atoms with Crippen molar-refractivity contribution in [1.82, 2.24) is 5.32 Å². The van der Waals surface area contributed by atoms with E-state index in [9.17, 15) is 9.59 Å². The van der Waals surface area contributed by atoms with E-state index in [1.54, 1.807) is 0 Å². The van der Waals surface area contributed by atoms with E-state index in [-0.39, 0.29) is 40.1 Å². The van der Waals surface area contributed by atoms with Gasteiger partial charge in [-0.25, -0.2) is 0 Å². The summed E-state index contributed by atoms with van der Waals surface area (Å²) in [5.74, 6) is -0.538. The lowest BCUT2D eigenvalue weighted by Gasteiger charge is -2.11. The maximum atomic E-state index is 11.5. The summed E-state index contributed by atoms with van der Waals surface area (Å²) >= 11 is 5.46. The van der Waals surface area contributed by atoms with Crippen molar-refractivity contribution >= 4 is 29.0 Å². The molecule has 0 radical (unpaired) electrons. The van der Waals surface area contributed by atoms with Crippen LogP contribution >= 0.6 is 11.6 Å². The number of ether oxygens (including phenoxy) is 1. The van der Waals surface area contributed by atoms with Crippen molar-refractivity contribution in [3.05, 3.63) is 23.3 Å². The maximum Gasteiger partial charge on any atom is 0.254 e. The van der Waals surface area contributed by atoms with Gasteiger partial charge in [0.2, 0.25) is 0 Å². The Morgan fingerprint density at radius 2 is 2.06 bits per heavy atom. The molecule has 1 rings (SSSR count). The van der Waals surface area contributed by atoms with Crippen molar-refractivity contribution in [1.29, 1.82) is 0 Å². The van der Waals surface area contributed by atoms with Gasteiger partial charge in [-0.15, -0.1) is 11.6 Å². The van der Waals surface area contributed by atoms with E-state index in [0.717, 1.165) is 0 Å². The van der Waals surface area contributed by atoms with Crippen LogP contribution in [0, 0.1) is 0 Å². The number of alkyl halides is 1. The van der Waals surface area contributed by atoms with Gasteiger partial charge in [0.15, 0.2) is 5.78 Å². The van der Waals surface area contributed by atoms with Crippen LogP contribution in [0.5, 0.6) is 5.75 Å². The monoisotopic (exact) mass is 256 g/mol. The van der Waals surface area contributed by atoms with Crippen molar-refractivity contribution in [3.63, 3.8) is 0 Å². The second-order valence-electron chi connectivity index (χ2n) is 3.28. The number of nitrogen functional groups attached to an aromatic ring is 1. The van der Waals surface area contributed by atoms with Crippen LogP contribution in [0.2, 0.25) is 0 Å². The minimum Gasteiger partial charge on any atom is -0.496 e. The van der Waals surface area contributed by atoms with Gasteiger partial charge in [-0.3, -0.25) is 9.59 Å². The summed E-state index contributed by atoms with van der Waals surface area (Å²) in [5.41, 5.74) is 6.43. The predicted molar refractivity (Wildman–Crippen MR) is 65.8 cm³/mol. The van der Waals surface area contributed by atoms with Gasteiger partial charge in [0.1, 0.15) is 5.75 Å². The van der Waals surface area contributed by atoms with Crippen LogP contribution in [-0.2, 0) is 0 Å². The highest BCUT2D eigenvalue weighted by Gasteiger charge is 2.17. The first kappa shape index (κ1) is 13.3. The van der Waals surface area contributed by atoms with E-state index in [1.165, 1.54) is 26.3 Å². The second-order valence-corrected chi connectivity index (χ2v) is 3.54. The number of nitrogens with one attached hydrogen (secondary N) is 1. The van der Waals surface area contributed by atoms with Gasteiger partial charge in [0.25, 0.3) is 5.91 Å². The van der Waals surface area contributed by atoms with Crippen LogP contribution in [-0.4, -0.2) is 31.7 Å². The number of carbonyl (C=O) groups excluding carboxylic acids is 2. The van der Waals surface area contributed by atoms with E-state index in [4.69, 9.17) is 22.1 Å². The molecular formula is C11H13ClN2O3. The summed E-state index contributed by atoms with van der Waals surface area (Å²) in [4.78, 5) is 23.0. The van der Waals surface area contributed by atoms with Gasteiger partial charge in [-0.1, -0.05) is 0 Å². The first-order valence-electron chi connectivity index (χ1n) is 4.83. The first-order chi connectivity index (χ1) is 8.04. The van der Waals surface area contributed by atoms with Gasteiger partial charge < -0.3 is 15.8 Å². The summed E-state index contributed by atoms with van der Waals surface area (Å²) in [6, 6.07) is 2.82. The molecule has 0 saturated heterocycles. The average molecular weight is 257 g/mol. The molecule has 17 heavy (non-hydrogen) atoms.